The number of hydrogen-bond acceptors (Lipinski definition) is 3. The summed E-state index contributed by atoms with van der Waals surface area (Å²) in [5.74, 6) is -0.750. The maximum absolute atomic E-state index is 13.4. The summed E-state index contributed by atoms with van der Waals surface area (Å²) in [6, 6.07) is 5.61. The first-order chi connectivity index (χ1) is 15.1. The van der Waals surface area contributed by atoms with Crippen molar-refractivity contribution in [1.82, 2.24) is 14.5 Å². The van der Waals surface area contributed by atoms with Gasteiger partial charge in [-0.15, -0.1) is 0 Å². The third-order valence-corrected chi connectivity index (χ3v) is 5.67. The van der Waals surface area contributed by atoms with Crippen LogP contribution in [0.1, 0.15) is 50.9 Å². The van der Waals surface area contributed by atoms with Crippen LogP contribution in [-0.4, -0.2) is 47.3 Å². The van der Waals surface area contributed by atoms with Crippen LogP contribution in [0.15, 0.2) is 36.0 Å². The highest BCUT2D eigenvalue weighted by molar-refractivity contribution is 5.84. The van der Waals surface area contributed by atoms with Gasteiger partial charge in [0.25, 0.3) is 0 Å². The Balaban J connectivity index is 2.15. The standard InChI is InChI=1S/C24H30F3N3O2/c1-16(2)11-20(14-29(4)15-31)19-5-6-21-22(12-19)30(13-17(3)24(25,26)27)23(28-21)18-7-9-32-10-8-18/h5-6,11-12,14-15,17-18H,7-10,13H2,1-4H3/b20-14+. The van der Waals surface area contributed by atoms with Gasteiger partial charge in [-0.3, -0.25) is 4.79 Å². The van der Waals surface area contributed by atoms with Crippen LogP contribution in [0.3, 0.4) is 0 Å². The summed E-state index contributed by atoms with van der Waals surface area (Å²) in [4.78, 5) is 17.3. The molecule has 0 aliphatic carbocycles. The van der Waals surface area contributed by atoms with E-state index < -0.39 is 12.1 Å². The van der Waals surface area contributed by atoms with Crippen molar-refractivity contribution in [3.8, 4) is 0 Å². The fourth-order valence-corrected chi connectivity index (χ4v) is 3.91. The average Bonchev–Trinajstić information content (AvgIpc) is 3.10. The zero-order chi connectivity index (χ0) is 23.5. The molecule has 2 aromatic rings. The van der Waals surface area contributed by atoms with E-state index in [1.165, 1.54) is 11.8 Å². The van der Waals surface area contributed by atoms with E-state index in [2.05, 4.69) is 0 Å². The Morgan fingerprint density at radius 1 is 1.31 bits per heavy atom. The lowest BCUT2D eigenvalue weighted by Gasteiger charge is -2.24. The second-order valence-electron chi connectivity index (χ2n) is 8.69. The monoisotopic (exact) mass is 449 g/mol. The molecule has 0 saturated carbocycles. The molecule has 1 aliphatic rings. The summed E-state index contributed by atoms with van der Waals surface area (Å²) < 4.78 is 47.5. The normalized spacial score (nSPS) is 16.8. The minimum Gasteiger partial charge on any atom is -0.381 e. The maximum Gasteiger partial charge on any atom is 0.393 e. The van der Waals surface area contributed by atoms with E-state index in [4.69, 9.17) is 9.72 Å². The number of rotatable bonds is 7. The molecule has 1 aromatic carbocycles. The van der Waals surface area contributed by atoms with Crippen molar-refractivity contribution >= 4 is 23.0 Å². The zero-order valence-electron chi connectivity index (χ0n) is 18.9. The number of hydrogen-bond donors (Lipinski definition) is 0. The van der Waals surface area contributed by atoms with Crippen LogP contribution in [0.5, 0.6) is 0 Å². The van der Waals surface area contributed by atoms with E-state index in [-0.39, 0.29) is 12.5 Å². The summed E-state index contributed by atoms with van der Waals surface area (Å²) in [5, 5.41) is 0. The Morgan fingerprint density at radius 2 is 2.00 bits per heavy atom. The summed E-state index contributed by atoms with van der Waals surface area (Å²) in [5.41, 5.74) is 3.99. The molecule has 2 heterocycles. The molecule has 1 fully saturated rings. The average molecular weight is 450 g/mol. The Morgan fingerprint density at radius 3 is 2.59 bits per heavy atom. The lowest BCUT2D eigenvalue weighted by molar-refractivity contribution is -0.172. The van der Waals surface area contributed by atoms with Crippen LogP contribution in [0, 0.1) is 5.92 Å². The van der Waals surface area contributed by atoms with Crippen LogP contribution in [0.2, 0.25) is 0 Å². The molecule has 1 amide bonds. The number of allylic oxidation sites excluding steroid dienone is 3. The smallest absolute Gasteiger partial charge is 0.381 e. The number of halogens is 3. The molecule has 1 atom stereocenters. The van der Waals surface area contributed by atoms with Gasteiger partial charge in [-0.1, -0.05) is 24.6 Å². The number of ether oxygens (including phenoxy) is 1. The highest BCUT2D eigenvalue weighted by Gasteiger charge is 2.37. The van der Waals surface area contributed by atoms with Gasteiger partial charge < -0.3 is 14.2 Å². The highest BCUT2D eigenvalue weighted by Crippen LogP contribution is 2.34. The number of imidazole rings is 1. The Kier molecular flexibility index (Phi) is 7.44. The number of carbonyl (C=O) groups excluding carboxylic acids is 1. The second kappa shape index (κ2) is 9.90. The van der Waals surface area contributed by atoms with Crippen LogP contribution >= 0.6 is 0 Å². The Labute approximate surface area is 186 Å². The van der Waals surface area contributed by atoms with E-state index in [1.54, 1.807) is 17.8 Å². The van der Waals surface area contributed by atoms with Crippen molar-refractivity contribution in [3.63, 3.8) is 0 Å². The number of carbonyl (C=O) groups is 1. The highest BCUT2D eigenvalue weighted by atomic mass is 19.4. The fraction of sp³-hybridized carbons (Fsp3) is 0.500. The van der Waals surface area contributed by atoms with Crippen molar-refractivity contribution < 1.29 is 22.7 Å². The van der Waals surface area contributed by atoms with E-state index >= 15 is 0 Å². The van der Waals surface area contributed by atoms with Crippen LogP contribution in [-0.2, 0) is 16.1 Å². The molecule has 0 spiro atoms. The lowest BCUT2D eigenvalue weighted by atomic mass is 9.99. The van der Waals surface area contributed by atoms with Gasteiger partial charge in [0.1, 0.15) is 5.82 Å². The van der Waals surface area contributed by atoms with E-state index in [1.807, 2.05) is 38.1 Å². The molecule has 8 heteroatoms. The predicted molar refractivity (Wildman–Crippen MR) is 119 cm³/mol. The molecular formula is C24H30F3N3O2. The van der Waals surface area contributed by atoms with Gasteiger partial charge in [0.2, 0.25) is 6.41 Å². The van der Waals surface area contributed by atoms with Gasteiger partial charge >= 0.3 is 6.18 Å². The largest absolute Gasteiger partial charge is 0.393 e. The van der Waals surface area contributed by atoms with Gasteiger partial charge in [0.05, 0.1) is 17.0 Å². The van der Waals surface area contributed by atoms with E-state index in [0.717, 1.165) is 29.6 Å². The molecule has 0 N–H and O–H groups in total. The molecule has 0 bridgehead atoms. The number of nitrogens with zero attached hydrogens (tertiary/aromatic N) is 3. The van der Waals surface area contributed by atoms with Gasteiger partial charge in [-0.2, -0.15) is 13.2 Å². The molecule has 1 aliphatic heterocycles. The number of amides is 1. The number of benzene rings is 1. The maximum atomic E-state index is 13.4. The van der Waals surface area contributed by atoms with Crippen LogP contribution in [0.4, 0.5) is 13.2 Å². The van der Waals surface area contributed by atoms with Gasteiger partial charge in [-0.05, 0) is 50.0 Å². The molecule has 1 unspecified atom stereocenters. The van der Waals surface area contributed by atoms with Gasteiger partial charge in [0, 0.05) is 38.9 Å². The minimum absolute atomic E-state index is 0.0639. The predicted octanol–water partition coefficient (Wildman–Crippen LogP) is 5.52. The van der Waals surface area contributed by atoms with Gasteiger partial charge in [0.15, 0.2) is 0 Å². The molecule has 5 nitrogen and oxygen atoms in total. The molecule has 1 saturated heterocycles. The summed E-state index contributed by atoms with van der Waals surface area (Å²) in [6.45, 7) is 6.08. The fourth-order valence-electron chi connectivity index (χ4n) is 3.91. The first-order valence-corrected chi connectivity index (χ1v) is 10.8. The first-order valence-electron chi connectivity index (χ1n) is 10.8. The van der Waals surface area contributed by atoms with E-state index in [9.17, 15) is 18.0 Å². The van der Waals surface area contributed by atoms with Crippen molar-refractivity contribution in [1.29, 1.82) is 0 Å². The quantitative estimate of drug-likeness (QED) is 0.413. The molecule has 0 radical (unpaired) electrons. The zero-order valence-corrected chi connectivity index (χ0v) is 18.9. The summed E-state index contributed by atoms with van der Waals surface area (Å²) in [6.07, 6.45) is 1.54. The second-order valence-corrected chi connectivity index (χ2v) is 8.69. The Hall–Kier alpha value is -2.61. The van der Waals surface area contributed by atoms with Crippen LogP contribution < -0.4 is 0 Å². The summed E-state index contributed by atoms with van der Waals surface area (Å²) >= 11 is 0. The molecule has 174 valence electrons. The van der Waals surface area contributed by atoms with Crippen molar-refractivity contribution in [2.45, 2.75) is 52.3 Å². The topological polar surface area (TPSA) is 47.4 Å². The van der Waals surface area contributed by atoms with Gasteiger partial charge in [-0.25, -0.2) is 4.98 Å². The first kappa shape index (κ1) is 24.0. The molecule has 32 heavy (non-hydrogen) atoms. The molecular weight excluding hydrogens is 419 g/mol. The third kappa shape index (κ3) is 5.59. The van der Waals surface area contributed by atoms with Crippen LogP contribution in [0.25, 0.3) is 16.6 Å². The SMILES string of the molecule is CC(C)=C/C(=C\N(C)C=O)c1ccc2nc(C3CCOCC3)n(CC(C)C(F)(F)F)c2c1. The van der Waals surface area contributed by atoms with E-state index in [0.29, 0.717) is 36.5 Å². The molecule has 3 rings (SSSR count). The van der Waals surface area contributed by atoms with Crippen molar-refractivity contribution in [2.24, 2.45) is 5.92 Å². The number of aromatic nitrogens is 2. The number of fused-ring (bicyclic) bond motifs is 1. The Bertz CT molecular complexity index is 1010. The number of alkyl halides is 3. The van der Waals surface area contributed by atoms with Crippen molar-refractivity contribution in [3.05, 3.63) is 47.4 Å². The summed E-state index contributed by atoms with van der Waals surface area (Å²) in [7, 11) is 1.64. The third-order valence-electron chi connectivity index (χ3n) is 5.67. The van der Waals surface area contributed by atoms with Crippen molar-refractivity contribution in [2.75, 3.05) is 20.3 Å². The molecule has 1 aromatic heterocycles. The lowest BCUT2D eigenvalue weighted by Crippen LogP contribution is -2.26. The minimum atomic E-state index is -4.29.